The van der Waals surface area contributed by atoms with Crippen molar-refractivity contribution < 1.29 is 19.1 Å². The Balaban J connectivity index is 1.36. The van der Waals surface area contributed by atoms with Gasteiger partial charge in [-0.25, -0.2) is 4.79 Å². The summed E-state index contributed by atoms with van der Waals surface area (Å²) in [5.41, 5.74) is 10.8. The van der Waals surface area contributed by atoms with E-state index >= 15 is 0 Å². The van der Waals surface area contributed by atoms with Crippen molar-refractivity contribution in [3.05, 3.63) is 82.4 Å². The number of fused-ring (bicyclic) bond motifs is 2. The van der Waals surface area contributed by atoms with Crippen LogP contribution >= 0.6 is 0 Å². The number of nitrogens with one attached hydrogen (secondary N) is 1. The number of nitrogens with zero attached hydrogens (tertiary/aromatic N) is 2. The lowest BCUT2D eigenvalue weighted by atomic mass is 9.81. The summed E-state index contributed by atoms with van der Waals surface area (Å²) in [6.07, 6.45) is 6.46. The molecule has 3 aliphatic rings. The molecule has 1 aliphatic heterocycles. The van der Waals surface area contributed by atoms with Gasteiger partial charge in [-0.05, 0) is 50.1 Å². The van der Waals surface area contributed by atoms with Gasteiger partial charge in [0.15, 0.2) is 11.6 Å². The summed E-state index contributed by atoms with van der Waals surface area (Å²) in [4.78, 5) is 44.6. The number of anilines is 4. The minimum absolute atomic E-state index is 0.235. The maximum absolute atomic E-state index is 13.8. The van der Waals surface area contributed by atoms with Crippen LogP contribution in [0.25, 0.3) is 0 Å². The molecule has 8 heteroatoms. The Bertz CT molecular complexity index is 1490. The van der Waals surface area contributed by atoms with Crippen LogP contribution in [0.15, 0.2) is 54.6 Å². The number of carbonyl (C=O) groups excluding carboxylic acids is 3. The van der Waals surface area contributed by atoms with Gasteiger partial charge in [0.25, 0.3) is 0 Å². The molecule has 0 aromatic heterocycles. The first-order valence-corrected chi connectivity index (χ1v) is 14.6. The highest BCUT2D eigenvalue weighted by molar-refractivity contribution is 6.32. The number of rotatable bonds is 6. The number of ketones is 2. The van der Waals surface area contributed by atoms with Crippen LogP contribution in [0.2, 0.25) is 0 Å². The quantitative estimate of drug-likeness (QED) is 0.241. The molecule has 41 heavy (non-hydrogen) atoms. The van der Waals surface area contributed by atoms with Gasteiger partial charge in [-0.2, -0.15) is 0 Å². The second kappa shape index (κ2) is 11.4. The van der Waals surface area contributed by atoms with E-state index < -0.39 is 5.97 Å². The smallest absolute Gasteiger partial charge is 0.338 e. The number of nitrogens with two attached hydrogens (primary N) is 1. The molecule has 0 unspecified atom stereocenters. The largest absolute Gasteiger partial charge is 0.462 e. The van der Waals surface area contributed by atoms with E-state index in [1.165, 1.54) is 32.1 Å². The highest BCUT2D eigenvalue weighted by atomic mass is 16.5. The zero-order valence-corrected chi connectivity index (χ0v) is 23.4. The van der Waals surface area contributed by atoms with Crippen molar-refractivity contribution in [2.45, 2.75) is 45.1 Å². The normalized spacial score (nSPS) is 17.6. The number of carbonyl (C=O) groups is 3. The van der Waals surface area contributed by atoms with Gasteiger partial charge in [0.1, 0.15) is 0 Å². The summed E-state index contributed by atoms with van der Waals surface area (Å²) in [5.74, 6) is -0.867. The van der Waals surface area contributed by atoms with Gasteiger partial charge in [-0.15, -0.1) is 0 Å². The summed E-state index contributed by atoms with van der Waals surface area (Å²) in [7, 11) is 0. The SMILES string of the molecule is CCOC(=O)c1ccc(Nc2cc(N3CCN(C4CCCCC4)CC3)c(N)c3c2C(=O)c2ccccc2C3=O)cc1. The molecule has 0 bridgehead atoms. The molecule has 2 fully saturated rings. The monoisotopic (exact) mass is 552 g/mol. The number of esters is 1. The van der Waals surface area contributed by atoms with Crippen molar-refractivity contribution in [3.63, 3.8) is 0 Å². The third kappa shape index (κ3) is 5.08. The zero-order valence-electron chi connectivity index (χ0n) is 23.4. The van der Waals surface area contributed by atoms with Crippen LogP contribution in [-0.2, 0) is 4.74 Å². The van der Waals surface area contributed by atoms with Gasteiger partial charge in [-0.1, -0.05) is 43.5 Å². The number of hydrogen-bond acceptors (Lipinski definition) is 8. The molecule has 0 atom stereocenters. The lowest BCUT2D eigenvalue weighted by Crippen LogP contribution is -2.51. The highest BCUT2D eigenvalue weighted by Gasteiger charge is 2.36. The molecule has 8 nitrogen and oxygen atoms in total. The van der Waals surface area contributed by atoms with Crippen LogP contribution < -0.4 is 16.0 Å². The number of benzene rings is 3. The van der Waals surface area contributed by atoms with Crippen LogP contribution in [0, 0.1) is 0 Å². The average Bonchev–Trinajstić information content (AvgIpc) is 3.01. The minimum atomic E-state index is -0.393. The van der Waals surface area contributed by atoms with Crippen molar-refractivity contribution in [3.8, 4) is 0 Å². The maximum atomic E-state index is 13.8. The number of nitrogen functional groups attached to an aromatic ring is 1. The Morgan fingerprint density at radius 1 is 0.902 bits per heavy atom. The molecule has 0 radical (unpaired) electrons. The Kier molecular flexibility index (Phi) is 7.49. The Morgan fingerprint density at radius 3 is 2.17 bits per heavy atom. The molecular formula is C33H36N4O4. The molecule has 6 rings (SSSR count). The average molecular weight is 553 g/mol. The van der Waals surface area contributed by atoms with Crippen molar-refractivity contribution in [1.29, 1.82) is 0 Å². The fourth-order valence-corrected chi connectivity index (χ4v) is 6.50. The molecule has 2 aliphatic carbocycles. The summed E-state index contributed by atoms with van der Waals surface area (Å²) in [6.45, 7) is 5.54. The van der Waals surface area contributed by atoms with Crippen LogP contribution in [0.1, 0.15) is 81.2 Å². The first-order chi connectivity index (χ1) is 20.0. The van der Waals surface area contributed by atoms with E-state index in [9.17, 15) is 14.4 Å². The van der Waals surface area contributed by atoms with Gasteiger partial charge in [0, 0.05) is 49.0 Å². The molecule has 1 saturated carbocycles. The lowest BCUT2D eigenvalue weighted by Gasteiger charge is -2.42. The van der Waals surface area contributed by atoms with Crippen molar-refractivity contribution in [1.82, 2.24) is 4.90 Å². The number of hydrogen-bond donors (Lipinski definition) is 2. The van der Waals surface area contributed by atoms with E-state index in [0.717, 1.165) is 31.9 Å². The summed E-state index contributed by atoms with van der Waals surface area (Å²) in [6, 6.07) is 16.3. The minimum Gasteiger partial charge on any atom is -0.462 e. The van der Waals surface area contributed by atoms with E-state index in [1.54, 1.807) is 55.5 Å². The second-order valence-electron chi connectivity index (χ2n) is 11.0. The van der Waals surface area contributed by atoms with Gasteiger partial charge in [0.05, 0.1) is 40.4 Å². The van der Waals surface area contributed by atoms with Crippen molar-refractivity contribution >= 4 is 40.3 Å². The van der Waals surface area contributed by atoms with E-state index in [-0.39, 0.29) is 22.7 Å². The molecule has 212 valence electrons. The lowest BCUT2D eigenvalue weighted by molar-refractivity contribution is 0.0526. The topological polar surface area (TPSA) is 105 Å². The molecule has 3 aromatic carbocycles. The molecule has 1 saturated heterocycles. The third-order valence-electron chi connectivity index (χ3n) is 8.64. The summed E-state index contributed by atoms with van der Waals surface area (Å²) in [5, 5.41) is 3.36. The van der Waals surface area contributed by atoms with Crippen LogP contribution in [-0.4, -0.2) is 61.3 Å². The fraction of sp³-hybridized carbons (Fsp3) is 0.364. The molecular weight excluding hydrogens is 516 g/mol. The van der Waals surface area contributed by atoms with E-state index in [2.05, 4.69) is 15.1 Å². The molecule has 0 spiro atoms. The standard InChI is InChI=1S/C33H36N4O4/c1-2-41-33(40)21-12-14-22(15-13-21)35-26-20-27(37-18-16-36(17-19-37)23-8-4-3-5-9-23)30(34)29-28(26)31(38)24-10-6-7-11-25(24)32(29)39/h6-7,10-15,20,23,35H,2-5,8-9,16-19,34H2,1H3. The first kappa shape index (κ1) is 27.0. The van der Waals surface area contributed by atoms with E-state index in [4.69, 9.17) is 10.5 Å². The maximum Gasteiger partial charge on any atom is 0.338 e. The van der Waals surface area contributed by atoms with E-state index in [1.807, 2.05) is 6.07 Å². The van der Waals surface area contributed by atoms with Crippen LogP contribution in [0.4, 0.5) is 22.7 Å². The van der Waals surface area contributed by atoms with Gasteiger partial charge in [0.2, 0.25) is 0 Å². The predicted molar refractivity (Wildman–Crippen MR) is 161 cm³/mol. The Labute approximate surface area is 240 Å². The summed E-state index contributed by atoms with van der Waals surface area (Å²) < 4.78 is 5.10. The van der Waals surface area contributed by atoms with Gasteiger partial charge >= 0.3 is 5.97 Å². The fourth-order valence-electron chi connectivity index (χ4n) is 6.50. The Morgan fingerprint density at radius 2 is 1.54 bits per heavy atom. The number of ether oxygens (including phenoxy) is 1. The van der Waals surface area contributed by atoms with E-state index in [0.29, 0.717) is 46.4 Å². The molecule has 1 heterocycles. The third-order valence-corrected chi connectivity index (χ3v) is 8.64. The van der Waals surface area contributed by atoms with Gasteiger partial charge in [-0.3, -0.25) is 14.5 Å². The van der Waals surface area contributed by atoms with Crippen LogP contribution in [0.3, 0.4) is 0 Å². The van der Waals surface area contributed by atoms with Crippen molar-refractivity contribution in [2.24, 2.45) is 0 Å². The molecule has 3 N–H and O–H groups in total. The second-order valence-corrected chi connectivity index (χ2v) is 11.0. The first-order valence-electron chi connectivity index (χ1n) is 14.6. The molecule has 0 amide bonds. The Hall–Kier alpha value is -4.17. The van der Waals surface area contributed by atoms with Crippen molar-refractivity contribution in [2.75, 3.05) is 48.7 Å². The van der Waals surface area contributed by atoms with Gasteiger partial charge < -0.3 is 20.7 Å². The molecule has 3 aromatic rings. The predicted octanol–water partition coefficient (Wildman–Crippen LogP) is 5.42. The summed E-state index contributed by atoms with van der Waals surface area (Å²) >= 11 is 0. The number of piperazine rings is 1. The van der Waals surface area contributed by atoms with Crippen LogP contribution in [0.5, 0.6) is 0 Å². The highest BCUT2D eigenvalue weighted by Crippen LogP contribution is 2.42. The zero-order chi connectivity index (χ0) is 28.5.